The Morgan fingerprint density at radius 2 is 2.15 bits per heavy atom. The second kappa shape index (κ2) is 6.72. The summed E-state index contributed by atoms with van der Waals surface area (Å²) in [4.78, 5) is 0. The van der Waals surface area contributed by atoms with Gasteiger partial charge < -0.3 is 5.11 Å². The summed E-state index contributed by atoms with van der Waals surface area (Å²) in [6.45, 7) is 2.74. The maximum Gasteiger partial charge on any atom is 0.0431 e. The van der Waals surface area contributed by atoms with E-state index in [1.165, 1.54) is 37.9 Å². The van der Waals surface area contributed by atoms with Crippen LogP contribution in [0.25, 0.3) is 0 Å². The summed E-state index contributed by atoms with van der Waals surface area (Å²) in [6, 6.07) is 0. The van der Waals surface area contributed by atoms with E-state index in [1.807, 2.05) is 0 Å². The molecule has 0 radical (unpaired) electrons. The average molecular weight is 202 g/mol. The predicted octanol–water partition coefficient (Wildman–Crippen LogP) is 3.07. The molecule has 13 heavy (non-hydrogen) atoms. The summed E-state index contributed by atoms with van der Waals surface area (Å²) < 4.78 is 0. The van der Waals surface area contributed by atoms with Gasteiger partial charge in [-0.15, -0.1) is 0 Å². The Bertz CT molecular complexity index is 127. The molecular formula is C11H22OS. The normalized spacial score (nSPS) is 29.1. The topological polar surface area (TPSA) is 20.2 Å². The summed E-state index contributed by atoms with van der Waals surface area (Å²) in [6.07, 6.45) is 7.88. The second-order valence-electron chi connectivity index (χ2n) is 4.20. The molecule has 1 nitrogen and oxygen atoms in total. The van der Waals surface area contributed by atoms with E-state index in [9.17, 15) is 0 Å². The monoisotopic (exact) mass is 202 g/mol. The molecule has 0 amide bonds. The lowest BCUT2D eigenvalue weighted by atomic mass is 9.91. The molecule has 0 bridgehead atoms. The van der Waals surface area contributed by atoms with E-state index in [1.54, 1.807) is 0 Å². The van der Waals surface area contributed by atoms with Gasteiger partial charge in [-0.25, -0.2) is 0 Å². The molecule has 1 aliphatic rings. The molecule has 0 aliphatic heterocycles. The third kappa shape index (κ3) is 4.92. The van der Waals surface area contributed by atoms with Crippen molar-refractivity contribution in [3.05, 3.63) is 0 Å². The summed E-state index contributed by atoms with van der Waals surface area (Å²) >= 11 is 2.13. The van der Waals surface area contributed by atoms with Crippen LogP contribution in [0.4, 0.5) is 0 Å². The first-order valence-electron chi connectivity index (χ1n) is 5.55. The van der Waals surface area contributed by atoms with Crippen LogP contribution in [-0.2, 0) is 0 Å². The number of hydrogen-bond acceptors (Lipinski definition) is 2. The zero-order valence-electron chi connectivity index (χ0n) is 8.67. The van der Waals surface area contributed by atoms with Crippen LogP contribution in [0.15, 0.2) is 0 Å². The fraction of sp³-hybridized carbons (Fsp3) is 1.00. The molecule has 78 valence electrons. The van der Waals surface area contributed by atoms with Gasteiger partial charge in [-0.2, -0.15) is 11.8 Å². The zero-order chi connectivity index (χ0) is 9.52. The standard InChI is InChI=1S/C11H22OS/c1-10-5-4-6-11(9-10)13-8-3-2-7-12/h10-12H,2-9H2,1H3. The van der Waals surface area contributed by atoms with Crippen LogP contribution in [0.2, 0.25) is 0 Å². The highest BCUT2D eigenvalue weighted by Gasteiger charge is 2.18. The Morgan fingerprint density at radius 3 is 2.85 bits per heavy atom. The molecule has 1 rings (SSSR count). The number of aliphatic hydroxyl groups is 1. The Labute approximate surface area is 86.3 Å². The minimum Gasteiger partial charge on any atom is -0.396 e. The van der Waals surface area contributed by atoms with Crippen molar-refractivity contribution in [1.29, 1.82) is 0 Å². The Balaban J connectivity index is 2.00. The summed E-state index contributed by atoms with van der Waals surface area (Å²) in [5.74, 6) is 2.20. The van der Waals surface area contributed by atoms with Crippen LogP contribution < -0.4 is 0 Å². The van der Waals surface area contributed by atoms with E-state index in [0.29, 0.717) is 6.61 Å². The van der Waals surface area contributed by atoms with Gasteiger partial charge in [0.2, 0.25) is 0 Å². The second-order valence-corrected chi connectivity index (χ2v) is 5.60. The molecule has 1 aliphatic carbocycles. The van der Waals surface area contributed by atoms with Crippen molar-refractivity contribution < 1.29 is 5.11 Å². The largest absolute Gasteiger partial charge is 0.396 e. The Hall–Kier alpha value is 0.310. The maximum atomic E-state index is 8.64. The molecule has 0 spiro atoms. The van der Waals surface area contributed by atoms with Gasteiger partial charge in [-0.1, -0.05) is 19.8 Å². The number of thioether (sulfide) groups is 1. The highest BCUT2D eigenvalue weighted by molar-refractivity contribution is 7.99. The highest BCUT2D eigenvalue weighted by Crippen LogP contribution is 2.32. The zero-order valence-corrected chi connectivity index (χ0v) is 9.48. The molecule has 0 aromatic heterocycles. The maximum absolute atomic E-state index is 8.64. The number of rotatable bonds is 5. The van der Waals surface area contributed by atoms with Crippen LogP contribution in [0.5, 0.6) is 0 Å². The van der Waals surface area contributed by atoms with E-state index < -0.39 is 0 Å². The molecular weight excluding hydrogens is 180 g/mol. The van der Waals surface area contributed by atoms with Gasteiger partial charge in [0.1, 0.15) is 0 Å². The lowest BCUT2D eigenvalue weighted by Gasteiger charge is -2.26. The lowest BCUT2D eigenvalue weighted by molar-refractivity contribution is 0.287. The minimum atomic E-state index is 0.363. The molecule has 0 aromatic carbocycles. The highest BCUT2D eigenvalue weighted by atomic mass is 32.2. The number of hydrogen-bond donors (Lipinski definition) is 1. The van der Waals surface area contributed by atoms with Crippen LogP contribution in [0, 0.1) is 5.92 Å². The van der Waals surface area contributed by atoms with Gasteiger partial charge in [-0.05, 0) is 37.4 Å². The molecule has 0 aromatic rings. The van der Waals surface area contributed by atoms with Crippen molar-refractivity contribution in [3.8, 4) is 0 Å². The van der Waals surface area contributed by atoms with E-state index in [-0.39, 0.29) is 0 Å². The lowest BCUT2D eigenvalue weighted by Crippen LogP contribution is -2.15. The van der Waals surface area contributed by atoms with Crippen molar-refractivity contribution in [2.75, 3.05) is 12.4 Å². The van der Waals surface area contributed by atoms with Gasteiger partial charge >= 0.3 is 0 Å². The first-order valence-corrected chi connectivity index (χ1v) is 6.60. The number of unbranched alkanes of at least 4 members (excludes halogenated alkanes) is 1. The number of aliphatic hydroxyl groups excluding tert-OH is 1. The Kier molecular flexibility index (Phi) is 5.88. The van der Waals surface area contributed by atoms with Crippen LogP contribution in [0.3, 0.4) is 0 Å². The third-order valence-electron chi connectivity index (χ3n) is 2.79. The van der Waals surface area contributed by atoms with Crippen molar-refractivity contribution >= 4 is 11.8 Å². The fourth-order valence-electron chi connectivity index (χ4n) is 1.99. The van der Waals surface area contributed by atoms with Crippen molar-refractivity contribution in [1.82, 2.24) is 0 Å². The van der Waals surface area contributed by atoms with Gasteiger partial charge in [0, 0.05) is 11.9 Å². The summed E-state index contributed by atoms with van der Waals surface area (Å²) in [5.41, 5.74) is 0. The van der Waals surface area contributed by atoms with Gasteiger partial charge in [0.05, 0.1) is 0 Å². The first-order chi connectivity index (χ1) is 6.33. The Morgan fingerprint density at radius 1 is 1.31 bits per heavy atom. The van der Waals surface area contributed by atoms with Crippen molar-refractivity contribution in [3.63, 3.8) is 0 Å². The van der Waals surface area contributed by atoms with E-state index >= 15 is 0 Å². The van der Waals surface area contributed by atoms with Crippen LogP contribution in [0.1, 0.15) is 45.4 Å². The molecule has 0 heterocycles. The SMILES string of the molecule is CC1CCCC(SCCCCO)C1. The summed E-state index contributed by atoms with van der Waals surface area (Å²) in [5, 5.41) is 9.55. The minimum absolute atomic E-state index is 0.363. The van der Waals surface area contributed by atoms with E-state index in [0.717, 1.165) is 17.6 Å². The van der Waals surface area contributed by atoms with Gasteiger partial charge in [-0.3, -0.25) is 0 Å². The predicted molar refractivity (Wildman–Crippen MR) is 60.2 cm³/mol. The molecule has 2 atom stereocenters. The quantitative estimate of drug-likeness (QED) is 0.691. The van der Waals surface area contributed by atoms with E-state index in [4.69, 9.17) is 5.11 Å². The molecule has 2 heteroatoms. The van der Waals surface area contributed by atoms with Crippen molar-refractivity contribution in [2.24, 2.45) is 5.92 Å². The third-order valence-corrected chi connectivity index (χ3v) is 4.22. The molecule has 2 unspecified atom stereocenters. The molecule has 1 fully saturated rings. The van der Waals surface area contributed by atoms with Crippen LogP contribution >= 0.6 is 11.8 Å². The first kappa shape index (κ1) is 11.4. The molecule has 0 saturated heterocycles. The smallest absolute Gasteiger partial charge is 0.0431 e. The molecule has 1 saturated carbocycles. The van der Waals surface area contributed by atoms with Crippen LogP contribution in [-0.4, -0.2) is 22.7 Å². The van der Waals surface area contributed by atoms with E-state index in [2.05, 4.69) is 18.7 Å². The average Bonchev–Trinajstić information content (AvgIpc) is 2.13. The fourth-order valence-corrected chi connectivity index (χ4v) is 3.50. The van der Waals surface area contributed by atoms with Crippen molar-refractivity contribution in [2.45, 2.75) is 50.7 Å². The molecule has 1 N–H and O–H groups in total. The van der Waals surface area contributed by atoms with Gasteiger partial charge in [0.25, 0.3) is 0 Å². The summed E-state index contributed by atoms with van der Waals surface area (Å²) in [7, 11) is 0. The van der Waals surface area contributed by atoms with Gasteiger partial charge in [0.15, 0.2) is 0 Å².